The van der Waals surface area contributed by atoms with Gasteiger partial charge < -0.3 is 24.4 Å². The van der Waals surface area contributed by atoms with Gasteiger partial charge >= 0.3 is 0 Å². The molecule has 1 N–H and O–H groups in total. The van der Waals surface area contributed by atoms with Crippen molar-refractivity contribution in [3.05, 3.63) is 29.8 Å². The van der Waals surface area contributed by atoms with Crippen LogP contribution >= 0.6 is 24.0 Å². The molecule has 0 radical (unpaired) electrons. The summed E-state index contributed by atoms with van der Waals surface area (Å²) in [5.41, 5.74) is 1.24. The molecule has 0 aliphatic carbocycles. The third-order valence-electron chi connectivity index (χ3n) is 5.85. The van der Waals surface area contributed by atoms with E-state index in [0.717, 1.165) is 57.5 Å². The summed E-state index contributed by atoms with van der Waals surface area (Å²) in [7, 11) is 3.42. The SMILES string of the molecule is CCNC(=NCC(c1cccc(OC)c1)N(CC)CC)N1CCC(COCCOC)C1.I. The molecule has 32 heavy (non-hydrogen) atoms. The van der Waals surface area contributed by atoms with E-state index < -0.39 is 0 Å². The lowest BCUT2D eigenvalue weighted by atomic mass is 10.0. The van der Waals surface area contributed by atoms with Crippen LogP contribution in [0.25, 0.3) is 0 Å². The van der Waals surface area contributed by atoms with E-state index in [1.54, 1.807) is 14.2 Å². The van der Waals surface area contributed by atoms with Crippen LogP contribution in [0.3, 0.4) is 0 Å². The molecule has 7 nitrogen and oxygen atoms in total. The minimum atomic E-state index is 0. The maximum Gasteiger partial charge on any atom is 0.193 e. The number of likely N-dealkylation sites (N-methyl/N-ethyl adjacent to an activating group) is 1. The van der Waals surface area contributed by atoms with Crippen LogP contribution in [-0.4, -0.2) is 89.1 Å². The van der Waals surface area contributed by atoms with Crippen molar-refractivity contribution in [1.29, 1.82) is 0 Å². The highest BCUT2D eigenvalue weighted by molar-refractivity contribution is 14.0. The number of aliphatic imine (C=N–C) groups is 1. The number of benzene rings is 1. The van der Waals surface area contributed by atoms with E-state index in [-0.39, 0.29) is 30.0 Å². The molecule has 2 atom stereocenters. The number of methoxy groups -OCH3 is 2. The van der Waals surface area contributed by atoms with Crippen LogP contribution in [0.5, 0.6) is 5.75 Å². The van der Waals surface area contributed by atoms with Crippen molar-refractivity contribution in [1.82, 2.24) is 15.1 Å². The second-order valence-corrected chi connectivity index (χ2v) is 7.88. The minimum Gasteiger partial charge on any atom is -0.497 e. The quantitative estimate of drug-likeness (QED) is 0.172. The fraction of sp³-hybridized carbons (Fsp3) is 0.708. The van der Waals surface area contributed by atoms with E-state index in [2.05, 4.69) is 54.1 Å². The molecule has 0 spiro atoms. The lowest BCUT2D eigenvalue weighted by molar-refractivity contribution is 0.0536. The van der Waals surface area contributed by atoms with Crippen molar-refractivity contribution < 1.29 is 14.2 Å². The largest absolute Gasteiger partial charge is 0.497 e. The zero-order chi connectivity index (χ0) is 22.5. The molecule has 1 fully saturated rings. The third-order valence-corrected chi connectivity index (χ3v) is 5.85. The number of hydrogen-bond acceptors (Lipinski definition) is 5. The van der Waals surface area contributed by atoms with Crippen molar-refractivity contribution in [3.63, 3.8) is 0 Å². The summed E-state index contributed by atoms with van der Waals surface area (Å²) < 4.78 is 16.3. The Bertz CT molecular complexity index is 658. The lowest BCUT2D eigenvalue weighted by Crippen LogP contribution is -2.41. The number of nitrogens with zero attached hydrogens (tertiary/aromatic N) is 3. The van der Waals surface area contributed by atoms with Crippen molar-refractivity contribution in [2.24, 2.45) is 10.9 Å². The molecule has 0 bridgehead atoms. The standard InChI is InChI=1S/C24H42N4O3.HI/c1-6-25-24(28-13-12-20(18-28)19-31-15-14-29-4)26-17-23(27(7-2)8-3)21-10-9-11-22(16-21)30-5;/h9-11,16,20,23H,6-8,12-15,17-19H2,1-5H3,(H,25,26);1H. The van der Waals surface area contributed by atoms with Gasteiger partial charge in [0.25, 0.3) is 0 Å². The van der Waals surface area contributed by atoms with Crippen molar-refractivity contribution in [2.45, 2.75) is 33.2 Å². The topological polar surface area (TPSA) is 58.6 Å². The fourth-order valence-corrected chi connectivity index (χ4v) is 4.10. The van der Waals surface area contributed by atoms with Gasteiger partial charge in [0.15, 0.2) is 5.96 Å². The van der Waals surface area contributed by atoms with Crippen LogP contribution in [0, 0.1) is 5.92 Å². The zero-order valence-electron chi connectivity index (χ0n) is 20.5. The van der Waals surface area contributed by atoms with E-state index >= 15 is 0 Å². The highest BCUT2D eigenvalue weighted by Gasteiger charge is 2.26. The zero-order valence-corrected chi connectivity index (χ0v) is 22.8. The molecule has 1 aromatic carbocycles. The first-order chi connectivity index (χ1) is 15.2. The summed E-state index contributed by atoms with van der Waals surface area (Å²) in [5, 5.41) is 3.50. The highest BCUT2D eigenvalue weighted by Crippen LogP contribution is 2.25. The second kappa shape index (κ2) is 16.5. The van der Waals surface area contributed by atoms with E-state index in [9.17, 15) is 0 Å². The first-order valence-corrected chi connectivity index (χ1v) is 11.6. The van der Waals surface area contributed by atoms with Crippen molar-refractivity contribution >= 4 is 29.9 Å². The van der Waals surface area contributed by atoms with Gasteiger partial charge in [-0.1, -0.05) is 26.0 Å². The van der Waals surface area contributed by atoms with Gasteiger partial charge in [-0.3, -0.25) is 9.89 Å². The smallest absolute Gasteiger partial charge is 0.193 e. The Morgan fingerprint density at radius 2 is 2.00 bits per heavy atom. The van der Waals surface area contributed by atoms with Crippen LogP contribution < -0.4 is 10.1 Å². The molecule has 0 aromatic heterocycles. The van der Waals surface area contributed by atoms with E-state index in [1.165, 1.54) is 5.56 Å². The van der Waals surface area contributed by atoms with Crippen molar-refractivity contribution in [2.75, 3.05) is 73.3 Å². The Hall–Kier alpha value is -1.10. The summed E-state index contributed by atoms with van der Waals surface area (Å²) >= 11 is 0. The Morgan fingerprint density at radius 1 is 1.22 bits per heavy atom. The molecule has 1 saturated heterocycles. The number of nitrogens with one attached hydrogen (secondary N) is 1. The molecule has 1 aromatic rings. The average Bonchev–Trinajstić information content (AvgIpc) is 3.27. The predicted octanol–water partition coefficient (Wildman–Crippen LogP) is 3.65. The number of ether oxygens (including phenoxy) is 3. The maximum atomic E-state index is 5.75. The van der Waals surface area contributed by atoms with Crippen LogP contribution in [0.4, 0.5) is 0 Å². The van der Waals surface area contributed by atoms with E-state index in [1.807, 2.05) is 6.07 Å². The van der Waals surface area contributed by atoms with Crippen LogP contribution in [0.2, 0.25) is 0 Å². The minimum absolute atomic E-state index is 0. The van der Waals surface area contributed by atoms with Crippen LogP contribution in [-0.2, 0) is 9.47 Å². The second-order valence-electron chi connectivity index (χ2n) is 7.88. The Labute approximate surface area is 211 Å². The number of halogens is 1. The van der Waals surface area contributed by atoms with Gasteiger partial charge in [0, 0.05) is 32.7 Å². The van der Waals surface area contributed by atoms with Gasteiger partial charge in [0.1, 0.15) is 5.75 Å². The number of hydrogen-bond donors (Lipinski definition) is 1. The van der Waals surface area contributed by atoms with E-state index in [4.69, 9.17) is 19.2 Å². The number of likely N-dealkylation sites (tertiary alicyclic amines) is 1. The van der Waals surface area contributed by atoms with E-state index in [0.29, 0.717) is 25.7 Å². The maximum absolute atomic E-state index is 5.75. The van der Waals surface area contributed by atoms with Gasteiger partial charge in [0.05, 0.1) is 39.5 Å². The number of guanidine groups is 1. The number of rotatable bonds is 13. The Morgan fingerprint density at radius 3 is 2.66 bits per heavy atom. The van der Waals surface area contributed by atoms with Crippen molar-refractivity contribution in [3.8, 4) is 5.75 Å². The summed E-state index contributed by atoms with van der Waals surface area (Å²) in [5.74, 6) is 2.43. The highest BCUT2D eigenvalue weighted by atomic mass is 127. The molecule has 0 amide bonds. The molecule has 2 unspecified atom stereocenters. The third kappa shape index (κ3) is 9.03. The first-order valence-electron chi connectivity index (χ1n) is 11.6. The molecule has 184 valence electrons. The molecule has 2 rings (SSSR count). The van der Waals surface area contributed by atoms with Crippen LogP contribution in [0.15, 0.2) is 29.3 Å². The van der Waals surface area contributed by atoms with Gasteiger partial charge in [-0.2, -0.15) is 0 Å². The normalized spacial score (nSPS) is 17.4. The molecule has 1 aliphatic rings. The summed E-state index contributed by atoms with van der Waals surface area (Å²) in [6.45, 7) is 14.2. The Kier molecular flexibility index (Phi) is 14.9. The molecule has 1 aliphatic heterocycles. The Balaban J connectivity index is 0.00000512. The molecular weight excluding hydrogens is 519 g/mol. The molecule has 8 heteroatoms. The average molecular weight is 563 g/mol. The monoisotopic (exact) mass is 562 g/mol. The van der Waals surface area contributed by atoms with Crippen LogP contribution in [0.1, 0.15) is 38.8 Å². The van der Waals surface area contributed by atoms with Gasteiger partial charge in [-0.15, -0.1) is 24.0 Å². The fourth-order valence-electron chi connectivity index (χ4n) is 4.10. The predicted molar refractivity (Wildman–Crippen MR) is 142 cm³/mol. The molecule has 0 saturated carbocycles. The first kappa shape index (κ1) is 28.9. The van der Waals surface area contributed by atoms with Gasteiger partial charge in [-0.05, 0) is 44.1 Å². The molecular formula is C24H43IN4O3. The van der Waals surface area contributed by atoms with Gasteiger partial charge in [-0.25, -0.2) is 0 Å². The summed E-state index contributed by atoms with van der Waals surface area (Å²) in [6.07, 6.45) is 1.13. The summed E-state index contributed by atoms with van der Waals surface area (Å²) in [6, 6.07) is 8.59. The lowest BCUT2D eigenvalue weighted by Gasteiger charge is -2.30. The molecule has 1 heterocycles. The summed E-state index contributed by atoms with van der Waals surface area (Å²) in [4.78, 5) is 9.91. The van der Waals surface area contributed by atoms with Gasteiger partial charge in [0.2, 0.25) is 0 Å².